The molecule has 2 heteroatoms. The van der Waals surface area contributed by atoms with Crippen LogP contribution in [0.2, 0.25) is 0 Å². The molecule has 0 spiro atoms. The molecule has 0 aromatic carbocycles. The number of rotatable bonds is 4. The number of hydrogen-bond donors (Lipinski definition) is 1. The fourth-order valence-corrected chi connectivity index (χ4v) is 4.09. The van der Waals surface area contributed by atoms with E-state index in [0.717, 1.165) is 18.4 Å². The van der Waals surface area contributed by atoms with E-state index in [1.54, 1.807) is 0 Å². The summed E-state index contributed by atoms with van der Waals surface area (Å²) in [5, 5.41) is 0. The summed E-state index contributed by atoms with van der Waals surface area (Å²) in [6.45, 7) is 8.15. The molecule has 0 bridgehead atoms. The van der Waals surface area contributed by atoms with E-state index in [4.69, 9.17) is 5.73 Å². The Kier molecular flexibility index (Phi) is 5.08. The van der Waals surface area contributed by atoms with Gasteiger partial charge < -0.3 is 5.73 Å². The van der Waals surface area contributed by atoms with Crippen molar-refractivity contribution in [2.75, 3.05) is 19.6 Å². The SMILES string of the molecule is CCC1CCN(C2(CN)CCC(CC)CC2)CC1. The molecule has 0 amide bonds. The van der Waals surface area contributed by atoms with Gasteiger partial charge in [0.25, 0.3) is 0 Å². The van der Waals surface area contributed by atoms with Crippen molar-refractivity contribution >= 4 is 0 Å². The van der Waals surface area contributed by atoms with Gasteiger partial charge >= 0.3 is 0 Å². The molecule has 1 heterocycles. The molecule has 2 aliphatic rings. The van der Waals surface area contributed by atoms with Crippen molar-refractivity contribution in [1.82, 2.24) is 4.90 Å². The van der Waals surface area contributed by atoms with E-state index in [9.17, 15) is 0 Å². The third-order valence-electron chi connectivity index (χ3n) is 5.86. The van der Waals surface area contributed by atoms with Crippen LogP contribution in [0.1, 0.15) is 65.2 Å². The molecule has 1 aliphatic carbocycles. The lowest BCUT2D eigenvalue weighted by molar-refractivity contribution is 0.0147. The van der Waals surface area contributed by atoms with Gasteiger partial charge in [0.15, 0.2) is 0 Å². The number of piperidine rings is 1. The van der Waals surface area contributed by atoms with Crippen LogP contribution >= 0.6 is 0 Å². The van der Waals surface area contributed by atoms with Crippen molar-refractivity contribution in [3.63, 3.8) is 0 Å². The molecule has 2 N–H and O–H groups in total. The van der Waals surface area contributed by atoms with Crippen molar-refractivity contribution in [3.8, 4) is 0 Å². The van der Waals surface area contributed by atoms with Crippen molar-refractivity contribution in [2.24, 2.45) is 17.6 Å². The van der Waals surface area contributed by atoms with Gasteiger partial charge in [-0.05, 0) is 63.5 Å². The lowest BCUT2D eigenvalue weighted by atomic mass is 9.73. The zero-order valence-corrected chi connectivity index (χ0v) is 12.5. The smallest absolute Gasteiger partial charge is 0.0331 e. The maximum Gasteiger partial charge on any atom is 0.0331 e. The predicted molar refractivity (Wildman–Crippen MR) is 78.6 cm³/mol. The Labute approximate surface area is 113 Å². The van der Waals surface area contributed by atoms with E-state index in [2.05, 4.69) is 18.7 Å². The third kappa shape index (κ3) is 2.91. The van der Waals surface area contributed by atoms with Crippen molar-refractivity contribution in [1.29, 1.82) is 0 Å². The van der Waals surface area contributed by atoms with Crippen LogP contribution in [0.15, 0.2) is 0 Å². The summed E-state index contributed by atoms with van der Waals surface area (Å²) in [6, 6.07) is 0. The average molecular weight is 252 g/mol. The zero-order chi connectivity index (χ0) is 13.0. The Hall–Kier alpha value is -0.0800. The lowest BCUT2D eigenvalue weighted by Crippen LogP contribution is -2.57. The summed E-state index contributed by atoms with van der Waals surface area (Å²) in [7, 11) is 0. The number of nitrogens with two attached hydrogens (primary N) is 1. The highest BCUT2D eigenvalue weighted by molar-refractivity contribution is 4.97. The molecule has 0 radical (unpaired) electrons. The molecule has 1 aliphatic heterocycles. The van der Waals surface area contributed by atoms with Gasteiger partial charge in [-0.25, -0.2) is 0 Å². The van der Waals surface area contributed by atoms with Gasteiger partial charge in [-0.2, -0.15) is 0 Å². The first-order chi connectivity index (χ1) is 8.74. The van der Waals surface area contributed by atoms with Crippen LogP contribution in [-0.4, -0.2) is 30.1 Å². The highest BCUT2D eigenvalue weighted by Gasteiger charge is 2.39. The molecule has 18 heavy (non-hydrogen) atoms. The predicted octanol–water partition coefficient (Wildman–Crippen LogP) is 3.41. The average Bonchev–Trinajstić information content (AvgIpc) is 2.47. The number of likely N-dealkylation sites (tertiary alicyclic amines) is 1. The summed E-state index contributed by atoms with van der Waals surface area (Å²) in [6.07, 6.45) is 11.0. The van der Waals surface area contributed by atoms with E-state index in [1.807, 2.05) is 0 Å². The van der Waals surface area contributed by atoms with Crippen LogP contribution in [-0.2, 0) is 0 Å². The molecular formula is C16H32N2. The first-order valence-corrected chi connectivity index (χ1v) is 8.19. The van der Waals surface area contributed by atoms with Gasteiger partial charge in [0.1, 0.15) is 0 Å². The largest absolute Gasteiger partial charge is 0.329 e. The van der Waals surface area contributed by atoms with Gasteiger partial charge in [-0.15, -0.1) is 0 Å². The minimum Gasteiger partial charge on any atom is -0.329 e. The minimum absolute atomic E-state index is 0.365. The van der Waals surface area contributed by atoms with Crippen LogP contribution in [0.4, 0.5) is 0 Å². The summed E-state index contributed by atoms with van der Waals surface area (Å²) in [5.74, 6) is 1.95. The monoisotopic (exact) mass is 252 g/mol. The van der Waals surface area contributed by atoms with E-state index in [-0.39, 0.29) is 0 Å². The summed E-state index contributed by atoms with van der Waals surface area (Å²) in [4.78, 5) is 2.76. The maximum absolute atomic E-state index is 6.18. The maximum atomic E-state index is 6.18. The Balaban J connectivity index is 1.92. The number of nitrogens with zero attached hydrogens (tertiary/aromatic N) is 1. The molecule has 2 nitrogen and oxygen atoms in total. The molecule has 1 saturated carbocycles. The topological polar surface area (TPSA) is 29.3 Å². The molecule has 106 valence electrons. The number of hydrogen-bond acceptors (Lipinski definition) is 2. The lowest BCUT2D eigenvalue weighted by Gasteiger charge is -2.50. The second kappa shape index (κ2) is 6.38. The Bertz CT molecular complexity index is 235. The second-order valence-electron chi connectivity index (χ2n) is 6.62. The van der Waals surface area contributed by atoms with E-state index in [0.29, 0.717) is 5.54 Å². The van der Waals surface area contributed by atoms with Gasteiger partial charge in [-0.3, -0.25) is 4.90 Å². The molecule has 0 atom stereocenters. The minimum atomic E-state index is 0.365. The Morgan fingerprint density at radius 2 is 1.44 bits per heavy atom. The van der Waals surface area contributed by atoms with Crippen LogP contribution in [0.25, 0.3) is 0 Å². The first kappa shape index (κ1) is 14.3. The quantitative estimate of drug-likeness (QED) is 0.831. The van der Waals surface area contributed by atoms with E-state index < -0.39 is 0 Å². The molecular weight excluding hydrogens is 220 g/mol. The fraction of sp³-hybridized carbons (Fsp3) is 1.00. The van der Waals surface area contributed by atoms with Crippen LogP contribution in [0.5, 0.6) is 0 Å². The summed E-state index contributed by atoms with van der Waals surface area (Å²) < 4.78 is 0. The van der Waals surface area contributed by atoms with E-state index in [1.165, 1.54) is 64.5 Å². The molecule has 0 unspecified atom stereocenters. The van der Waals surface area contributed by atoms with Crippen molar-refractivity contribution in [3.05, 3.63) is 0 Å². The summed E-state index contributed by atoms with van der Waals surface area (Å²) >= 11 is 0. The molecule has 0 aromatic heterocycles. The second-order valence-corrected chi connectivity index (χ2v) is 6.62. The summed E-state index contributed by atoms with van der Waals surface area (Å²) in [5.41, 5.74) is 6.55. The molecule has 2 fully saturated rings. The third-order valence-corrected chi connectivity index (χ3v) is 5.86. The highest BCUT2D eigenvalue weighted by atomic mass is 15.2. The Morgan fingerprint density at radius 3 is 1.89 bits per heavy atom. The van der Waals surface area contributed by atoms with Crippen molar-refractivity contribution < 1.29 is 0 Å². The van der Waals surface area contributed by atoms with Gasteiger partial charge in [-0.1, -0.05) is 26.7 Å². The van der Waals surface area contributed by atoms with Crippen LogP contribution in [0.3, 0.4) is 0 Å². The molecule has 0 aromatic rings. The molecule has 2 rings (SSSR count). The molecule has 1 saturated heterocycles. The zero-order valence-electron chi connectivity index (χ0n) is 12.5. The standard InChI is InChI=1S/C16H32N2/c1-3-14-5-9-16(13-17,10-6-14)18-11-7-15(4-2)8-12-18/h14-15H,3-13,17H2,1-2H3. The highest BCUT2D eigenvalue weighted by Crippen LogP contribution is 2.39. The van der Waals surface area contributed by atoms with Gasteiger partial charge in [0, 0.05) is 12.1 Å². The fourth-order valence-electron chi connectivity index (χ4n) is 4.09. The Morgan fingerprint density at radius 1 is 0.944 bits per heavy atom. The van der Waals surface area contributed by atoms with Crippen LogP contribution < -0.4 is 5.73 Å². The van der Waals surface area contributed by atoms with Gasteiger partial charge in [0.2, 0.25) is 0 Å². The van der Waals surface area contributed by atoms with E-state index >= 15 is 0 Å². The van der Waals surface area contributed by atoms with Crippen molar-refractivity contribution in [2.45, 2.75) is 70.8 Å². The first-order valence-electron chi connectivity index (χ1n) is 8.19. The normalized spacial score (nSPS) is 35.8. The van der Waals surface area contributed by atoms with Crippen LogP contribution in [0, 0.1) is 11.8 Å². The van der Waals surface area contributed by atoms with Gasteiger partial charge in [0.05, 0.1) is 0 Å².